The van der Waals surface area contributed by atoms with E-state index in [-0.39, 0.29) is 6.54 Å². The third-order valence-electron chi connectivity index (χ3n) is 2.49. The molecule has 0 saturated heterocycles. The average molecular weight is 305 g/mol. The van der Waals surface area contributed by atoms with Crippen LogP contribution in [0.25, 0.3) is 0 Å². The van der Waals surface area contributed by atoms with Crippen molar-refractivity contribution in [2.45, 2.75) is 17.6 Å². The summed E-state index contributed by atoms with van der Waals surface area (Å²) in [4.78, 5) is -0.434. The molecule has 0 aliphatic rings. The Bertz CT molecular complexity index is 681. The highest BCUT2D eigenvalue weighted by Gasteiger charge is 2.31. The average Bonchev–Trinajstić information content (AvgIpc) is 2.89. The lowest BCUT2D eigenvalue weighted by Crippen LogP contribution is -2.23. The zero-order chi connectivity index (χ0) is 14.8. The van der Waals surface area contributed by atoms with E-state index in [1.165, 1.54) is 12.4 Å². The molecule has 2 aromatic rings. The summed E-state index contributed by atoms with van der Waals surface area (Å²) in [5.74, 6) is 0. The molecule has 0 radical (unpaired) electrons. The number of aromatic nitrogens is 2. The van der Waals surface area contributed by atoms with Crippen LogP contribution in [0.2, 0.25) is 0 Å². The van der Waals surface area contributed by atoms with Crippen LogP contribution in [-0.2, 0) is 22.7 Å². The molecule has 5 nitrogen and oxygen atoms in total. The molecule has 0 fully saturated rings. The molecule has 2 N–H and O–H groups in total. The molecule has 9 heteroatoms. The van der Waals surface area contributed by atoms with Gasteiger partial charge in [0.05, 0.1) is 16.7 Å². The summed E-state index contributed by atoms with van der Waals surface area (Å²) >= 11 is 0. The van der Waals surface area contributed by atoms with Crippen molar-refractivity contribution in [1.82, 2.24) is 14.9 Å². The Balaban J connectivity index is 2.21. The van der Waals surface area contributed by atoms with Crippen LogP contribution < -0.4 is 4.72 Å². The van der Waals surface area contributed by atoms with E-state index in [0.29, 0.717) is 11.6 Å². The number of nitrogens with zero attached hydrogens (tertiary/aromatic N) is 1. The minimum absolute atomic E-state index is 0.0604. The molecule has 0 aliphatic carbocycles. The Hall–Kier alpha value is -1.87. The molecular weight excluding hydrogens is 295 g/mol. The SMILES string of the molecule is O=S(=O)(NCc1cn[nH]c1)c1cccc(C(F)(F)F)c1. The fraction of sp³-hybridized carbons (Fsp3) is 0.182. The molecular formula is C11H10F3N3O2S. The summed E-state index contributed by atoms with van der Waals surface area (Å²) < 4.78 is 63.6. The molecule has 0 bridgehead atoms. The van der Waals surface area contributed by atoms with Gasteiger partial charge in [-0.25, -0.2) is 13.1 Å². The first-order chi connectivity index (χ1) is 9.29. The number of aromatic amines is 1. The van der Waals surface area contributed by atoms with Gasteiger partial charge in [-0.1, -0.05) is 6.07 Å². The highest BCUT2D eigenvalue weighted by Crippen LogP contribution is 2.30. The number of rotatable bonds is 4. The molecule has 108 valence electrons. The number of H-pyrrole nitrogens is 1. The summed E-state index contributed by atoms with van der Waals surface area (Å²) in [6.45, 7) is -0.0604. The Morgan fingerprint density at radius 3 is 2.65 bits per heavy atom. The third-order valence-corrected chi connectivity index (χ3v) is 3.89. The fourth-order valence-corrected chi connectivity index (χ4v) is 2.54. The zero-order valence-electron chi connectivity index (χ0n) is 9.98. The van der Waals surface area contributed by atoms with Crippen molar-refractivity contribution in [2.24, 2.45) is 0 Å². The van der Waals surface area contributed by atoms with Gasteiger partial charge in [0.25, 0.3) is 0 Å². The van der Waals surface area contributed by atoms with E-state index in [4.69, 9.17) is 0 Å². The number of alkyl halides is 3. The van der Waals surface area contributed by atoms with Gasteiger partial charge in [-0.15, -0.1) is 0 Å². The van der Waals surface area contributed by atoms with E-state index in [2.05, 4.69) is 14.9 Å². The molecule has 0 atom stereocenters. The standard InChI is InChI=1S/C11H10F3N3O2S/c12-11(13,14)9-2-1-3-10(4-9)20(18,19)17-7-8-5-15-16-6-8/h1-6,17H,7H2,(H,15,16). The Labute approximate surface area is 112 Å². The van der Waals surface area contributed by atoms with E-state index < -0.39 is 26.7 Å². The predicted molar refractivity (Wildman–Crippen MR) is 64.1 cm³/mol. The van der Waals surface area contributed by atoms with Crippen LogP contribution in [0.5, 0.6) is 0 Å². The van der Waals surface area contributed by atoms with Crippen LogP contribution in [0.15, 0.2) is 41.6 Å². The van der Waals surface area contributed by atoms with Crippen LogP contribution in [0.4, 0.5) is 13.2 Å². The maximum Gasteiger partial charge on any atom is 0.416 e. The molecule has 0 unspecified atom stereocenters. The second kappa shape index (κ2) is 5.25. The predicted octanol–water partition coefficient (Wildman–Crippen LogP) is 1.91. The van der Waals surface area contributed by atoms with E-state index in [1.54, 1.807) is 0 Å². The first-order valence-corrected chi connectivity index (χ1v) is 6.92. The summed E-state index contributed by atoms with van der Waals surface area (Å²) in [6, 6.07) is 3.56. The number of nitrogens with one attached hydrogen (secondary N) is 2. The van der Waals surface area contributed by atoms with Gasteiger partial charge in [0.15, 0.2) is 0 Å². The summed E-state index contributed by atoms with van der Waals surface area (Å²) in [7, 11) is -4.01. The molecule has 0 spiro atoms. The van der Waals surface area contributed by atoms with Gasteiger partial charge in [-0.2, -0.15) is 18.3 Å². The monoisotopic (exact) mass is 305 g/mol. The molecule has 1 aromatic heterocycles. The number of hydrogen-bond acceptors (Lipinski definition) is 3. The van der Waals surface area contributed by atoms with Crippen LogP contribution in [-0.4, -0.2) is 18.6 Å². The Kier molecular flexibility index (Phi) is 3.82. The van der Waals surface area contributed by atoms with Gasteiger partial charge < -0.3 is 0 Å². The quantitative estimate of drug-likeness (QED) is 0.906. The van der Waals surface area contributed by atoms with Crippen LogP contribution in [0.1, 0.15) is 11.1 Å². The van der Waals surface area contributed by atoms with Gasteiger partial charge in [0.2, 0.25) is 10.0 Å². The summed E-state index contributed by atoms with van der Waals surface area (Å²) in [5.41, 5.74) is -0.441. The van der Waals surface area contributed by atoms with Crippen LogP contribution in [0, 0.1) is 0 Å². The number of hydrogen-bond donors (Lipinski definition) is 2. The van der Waals surface area contributed by atoms with Crippen molar-refractivity contribution < 1.29 is 21.6 Å². The van der Waals surface area contributed by atoms with E-state index in [1.807, 2.05) is 0 Å². The number of sulfonamides is 1. The first-order valence-electron chi connectivity index (χ1n) is 5.43. The van der Waals surface area contributed by atoms with Gasteiger partial charge >= 0.3 is 6.18 Å². The topological polar surface area (TPSA) is 74.8 Å². The Morgan fingerprint density at radius 1 is 1.30 bits per heavy atom. The molecule has 0 aliphatic heterocycles. The maximum atomic E-state index is 12.5. The van der Waals surface area contributed by atoms with Crippen molar-refractivity contribution in [1.29, 1.82) is 0 Å². The fourth-order valence-electron chi connectivity index (χ4n) is 1.48. The normalized spacial score (nSPS) is 12.6. The highest BCUT2D eigenvalue weighted by molar-refractivity contribution is 7.89. The molecule has 2 rings (SSSR count). The van der Waals surface area contributed by atoms with Gasteiger partial charge in [0.1, 0.15) is 0 Å². The second-order valence-electron chi connectivity index (χ2n) is 3.96. The van der Waals surface area contributed by atoms with Crippen molar-refractivity contribution in [3.05, 3.63) is 47.8 Å². The smallest absolute Gasteiger partial charge is 0.285 e. The molecule has 20 heavy (non-hydrogen) atoms. The lowest BCUT2D eigenvalue weighted by Gasteiger charge is -2.09. The van der Waals surface area contributed by atoms with E-state index in [0.717, 1.165) is 18.2 Å². The molecule has 1 aromatic carbocycles. The molecule has 1 heterocycles. The van der Waals surface area contributed by atoms with E-state index in [9.17, 15) is 21.6 Å². The minimum Gasteiger partial charge on any atom is -0.285 e. The van der Waals surface area contributed by atoms with Gasteiger partial charge in [-0.05, 0) is 18.2 Å². The maximum absolute atomic E-state index is 12.5. The number of halogens is 3. The van der Waals surface area contributed by atoms with Crippen molar-refractivity contribution in [2.75, 3.05) is 0 Å². The van der Waals surface area contributed by atoms with Crippen LogP contribution >= 0.6 is 0 Å². The Morgan fingerprint density at radius 2 is 2.05 bits per heavy atom. The first kappa shape index (κ1) is 14.5. The van der Waals surface area contributed by atoms with Gasteiger partial charge in [0, 0.05) is 18.3 Å². The zero-order valence-corrected chi connectivity index (χ0v) is 10.8. The number of benzene rings is 1. The van der Waals surface area contributed by atoms with Crippen molar-refractivity contribution in [3.8, 4) is 0 Å². The summed E-state index contributed by atoms with van der Waals surface area (Å²) in [6.07, 6.45) is -1.70. The second-order valence-corrected chi connectivity index (χ2v) is 5.72. The molecule has 0 amide bonds. The lowest BCUT2D eigenvalue weighted by molar-refractivity contribution is -0.137. The lowest BCUT2D eigenvalue weighted by atomic mass is 10.2. The largest absolute Gasteiger partial charge is 0.416 e. The highest BCUT2D eigenvalue weighted by atomic mass is 32.2. The van der Waals surface area contributed by atoms with Crippen molar-refractivity contribution in [3.63, 3.8) is 0 Å². The van der Waals surface area contributed by atoms with Gasteiger partial charge in [-0.3, -0.25) is 5.10 Å². The minimum atomic E-state index is -4.59. The van der Waals surface area contributed by atoms with Crippen LogP contribution in [0.3, 0.4) is 0 Å². The molecule has 0 saturated carbocycles. The van der Waals surface area contributed by atoms with Crippen molar-refractivity contribution >= 4 is 10.0 Å². The summed E-state index contributed by atoms with van der Waals surface area (Å²) in [5, 5.41) is 6.13. The third kappa shape index (κ3) is 3.36. The van der Waals surface area contributed by atoms with E-state index >= 15 is 0 Å².